The number of nitrogen functional groups attached to an aromatic ring is 1. The van der Waals surface area contributed by atoms with Gasteiger partial charge >= 0.3 is 0 Å². The normalized spacial score (nSPS) is 12.7. The van der Waals surface area contributed by atoms with Crippen LogP contribution in [0.25, 0.3) is 0 Å². The Morgan fingerprint density at radius 2 is 2.11 bits per heavy atom. The van der Waals surface area contributed by atoms with Crippen LogP contribution in [0, 0.1) is 6.92 Å². The van der Waals surface area contributed by atoms with Crippen LogP contribution >= 0.6 is 11.3 Å². The molecule has 0 saturated carbocycles. The number of thiazole rings is 1. The van der Waals surface area contributed by atoms with Crippen molar-refractivity contribution in [2.24, 2.45) is 0 Å². The lowest BCUT2D eigenvalue weighted by atomic mass is 10.2. The van der Waals surface area contributed by atoms with Gasteiger partial charge in [-0.3, -0.25) is 4.79 Å². The Morgan fingerprint density at radius 1 is 1.50 bits per heavy atom. The molecule has 0 aromatic carbocycles. The number of hydrogen-bond donors (Lipinski definition) is 2. The maximum Gasteiger partial charge on any atom is 0.263 e. The van der Waals surface area contributed by atoms with E-state index in [4.69, 9.17) is 5.73 Å². The van der Waals surface area contributed by atoms with E-state index in [1.807, 2.05) is 6.92 Å². The second-order valence-corrected chi connectivity index (χ2v) is 5.36. The molecular formula is C12H22N4OS. The molecule has 1 amide bonds. The average molecular weight is 270 g/mol. The fraction of sp³-hybridized carbons (Fsp3) is 0.667. The van der Waals surface area contributed by atoms with Crippen molar-refractivity contribution in [3.63, 3.8) is 0 Å². The maximum atomic E-state index is 12.0. The fourth-order valence-corrected chi connectivity index (χ4v) is 2.57. The van der Waals surface area contributed by atoms with Gasteiger partial charge < -0.3 is 16.0 Å². The zero-order valence-electron chi connectivity index (χ0n) is 11.5. The van der Waals surface area contributed by atoms with Crippen LogP contribution in [-0.4, -0.2) is 41.5 Å². The second-order valence-electron chi connectivity index (χ2n) is 4.33. The number of likely N-dealkylation sites (N-methyl/N-ethyl adjacent to an activating group) is 1. The molecule has 0 aliphatic heterocycles. The Kier molecular flexibility index (Phi) is 5.55. The molecule has 0 saturated heterocycles. The summed E-state index contributed by atoms with van der Waals surface area (Å²) < 4.78 is 0. The van der Waals surface area contributed by atoms with Crippen LogP contribution in [0.1, 0.15) is 36.1 Å². The lowest BCUT2D eigenvalue weighted by Crippen LogP contribution is -2.41. The lowest BCUT2D eigenvalue weighted by Gasteiger charge is -2.23. The van der Waals surface area contributed by atoms with Gasteiger partial charge in [0.25, 0.3) is 5.91 Å². The molecule has 1 atom stereocenters. The van der Waals surface area contributed by atoms with Gasteiger partial charge in [0.15, 0.2) is 5.13 Å². The first-order valence-electron chi connectivity index (χ1n) is 6.24. The molecule has 1 aromatic rings. The predicted octanol–water partition coefficient (Wildman–Crippen LogP) is 1.49. The van der Waals surface area contributed by atoms with Crippen LogP contribution in [0.2, 0.25) is 0 Å². The molecule has 0 bridgehead atoms. The Labute approximate surface area is 112 Å². The summed E-state index contributed by atoms with van der Waals surface area (Å²) in [5.41, 5.74) is 6.29. The molecular weight excluding hydrogens is 248 g/mol. The molecule has 3 N–H and O–H groups in total. The highest BCUT2D eigenvalue weighted by atomic mass is 32.1. The van der Waals surface area contributed by atoms with Gasteiger partial charge in [0.05, 0.1) is 5.69 Å². The van der Waals surface area contributed by atoms with E-state index in [9.17, 15) is 4.79 Å². The van der Waals surface area contributed by atoms with Gasteiger partial charge in [0.1, 0.15) is 4.88 Å². The van der Waals surface area contributed by atoms with Crippen LogP contribution in [-0.2, 0) is 0 Å². The van der Waals surface area contributed by atoms with Crippen molar-refractivity contribution >= 4 is 22.4 Å². The topological polar surface area (TPSA) is 71.2 Å². The van der Waals surface area contributed by atoms with Gasteiger partial charge in [-0.15, -0.1) is 0 Å². The standard InChI is InChI=1S/C12H22N4OS/c1-5-16(6-2)7-8(3)14-11(17)10-9(4)15-12(13)18-10/h8H,5-7H2,1-4H3,(H2,13,15)(H,14,17). The number of nitrogens with two attached hydrogens (primary N) is 1. The van der Waals surface area contributed by atoms with E-state index in [2.05, 4.69) is 29.0 Å². The Bertz CT molecular complexity index is 401. The molecule has 0 radical (unpaired) electrons. The molecule has 1 unspecified atom stereocenters. The smallest absolute Gasteiger partial charge is 0.263 e. The van der Waals surface area contributed by atoms with Gasteiger partial charge in [-0.1, -0.05) is 25.2 Å². The summed E-state index contributed by atoms with van der Waals surface area (Å²) in [6.07, 6.45) is 0. The van der Waals surface area contributed by atoms with Gasteiger partial charge in [0, 0.05) is 12.6 Å². The van der Waals surface area contributed by atoms with Crippen molar-refractivity contribution in [3.05, 3.63) is 10.6 Å². The summed E-state index contributed by atoms with van der Waals surface area (Å²) in [4.78, 5) is 19.0. The van der Waals surface area contributed by atoms with Gasteiger partial charge in [-0.05, 0) is 26.9 Å². The number of rotatable bonds is 6. The van der Waals surface area contributed by atoms with Crippen molar-refractivity contribution in [1.82, 2.24) is 15.2 Å². The number of hydrogen-bond acceptors (Lipinski definition) is 5. The number of carbonyl (C=O) groups excluding carboxylic acids is 1. The zero-order chi connectivity index (χ0) is 13.7. The van der Waals surface area contributed by atoms with Crippen LogP contribution < -0.4 is 11.1 Å². The first-order chi connectivity index (χ1) is 8.47. The molecule has 0 fully saturated rings. The lowest BCUT2D eigenvalue weighted by molar-refractivity contribution is 0.0933. The third-order valence-electron chi connectivity index (χ3n) is 2.82. The van der Waals surface area contributed by atoms with E-state index < -0.39 is 0 Å². The summed E-state index contributed by atoms with van der Waals surface area (Å²) in [6, 6.07) is 0.111. The highest BCUT2D eigenvalue weighted by Crippen LogP contribution is 2.19. The molecule has 0 aliphatic carbocycles. The van der Waals surface area contributed by atoms with Crippen LogP contribution in [0.4, 0.5) is 5.13 Å². The average Bonchev–Trinajstić information content (AvgIpc) is 2.65. The summed E-state index contributed by atoms with van der Waals surface area (Å²) in [7, 11) is 0. The molecule has 1 rings (SSSR count). The van der Waals surface area contributed by atoms with Crippen molar-refractivity contribution < 1.29 is 4.79 Å². The number of aromatic nitrogens is 1. The van der Waals surface area contributed by atoms with E-state index in [0.717, 1.165) is 19.6 Å². The van der Waals surface area contributed by atoms with Gasteiger partial charge in [-0.25, -0.2) is 4.98 Å². The van der Waals surface area contributed by atoms with Crippen molar-refractivity contribution in [2.75, 3.05) is 25.4 Å². The molecule has 102 valence electrons. The highest BCUT2D eigenvalue weighted by Gasteiger charge is 2.17. The molecule has 0 spiro atoms. The monoisotopic (exact) mass is 270 g/mol. The number of nitrogens with one attached hydrogen (secondary N) is 1. The molecule has 0 aliphatic rings. The minimum atomic E-state index is -0.0821. The third kappa shape index (κ3) is 3.96. The summed E-state index contributed by atoms with van der Waals surface area (Å²) in [5.74, 6) is -0.0821. The van der Waals surface area contributed by atoms with Crippen molar-refractivity contribution in [1.29, 1.82) is 0 Å². The second kappa shape index (κ2) is 6.70. The minimum Gasteiger partial charge on any atom is -0.375 e. The largest absolute Gasteiger partial charge is 0.375 e. The van der Waals surface area contributed by atoms with Crippen molar-refractivity contribution in [2.45, 2.75) is 33.7 Å². The van der Waals surface area contributed by atoms with Crippen molar-refractivity contribution in [3.8, 4) is 0 Å². The first kappa shape index (κ1) is 14.9. The van der Waals surface area contributed by atoms with Crippen LogP contribution in [0.3, 0.4) is 0 Å². The zero-order valence-corrected chi connectivity index (χ0v) is 12.3. The van der Waals surface area contributed by atoms with Crippen LogP contribution in [0.15, 0.2) is 0 Å². The maximum absolute atomic E-state index is 12.0. The van der Waals surface area contributed by atoms with E-state index in [1.165, 1.54) is 11.3 Å². The quantitative estimate of drug-likeness (QED) is 0.821. The molecule has 5 nitrogen and oxygen atoms in total. The predicted molar refractivity (Wildman–Crippen MR) is 76.0 cm³/mol. The summed E-state index contributed by atoms with van der Waals surface area (Å²) in [5, 5.41) is 3.42. The Hall–Kier alpha value is -1.14. The number of anilines is 1. The first-order valence-corrected chi connectivity index (χ1v) is 7.05. The number of aryl methyl sites for hydroxylation is 1. The Balaban J connectivity index is 2.57. The number of nitrogens with zero attached hydrogens (tertiary/aromatic N) is 2. The summed E-state index contributed by atoms with van der Waals surface area (Å²) >= 11 is 1.24. The fourth-order valence-electron chi connectivity index (χ4n) is 1.83. The molecule has 1 heterocycles. The number of amides is 1. The van der Waals surface area contributed by atoms with Gasteiger partial charge in [-0.2, -0.15) is 0 Å². The van der Waals surface area contributed by atoms with E-state index in [-0.39, 0.29) is 11.9 Å². The van der Waals surface area contributed by atoms with Crippen LogP contribution in [0.5, 0.6) is 0 Å². The molecule has 18 heavy (non-hydrogen) atoms. The number of carbonyl (C=O) groups is 1. The van der Waals surface area contributed by atoms with E-state index in [0.29, 0.717) is 15.7 Å². The minimum absolute atomic E-state index is 0.0821. The molecule has 1 aromatic heterocycles. The Morgan fingerprint density at radius 3 is 2.56 bits per heavy atom. The van der Waals surface area contributed by atoms with E-state index in [1.54, 1.807) is 6.92 Å². The highest BCUT2D eigenvalue weighted by molar-refractivity contribution is 7.17. The third-order valence-corrected chi connectivity index (χ3v) is 3.81. The van der Waals surface area contributed by atoms with Gasteiger partial charge in [0.2, 0.25) is 0 Å². The van der Waals surface area contributed by atoms with E-state index >= 15 is 0 Å². The summed E-state index contributed by atoms with van der Waals surface area (Å²) in [6.45, 7) is 10.9. The molecule has 6 heteroatoms. The SMILES string of the molecule is CCN(CC)CC(C)NC(=O)c1sc(N)nc1C.